The summed E-state index contributed by atoms with van der Waals surface area (Å²) in [7, 11) is 0. The van der Waals surface area contributed by atoms with Crippen molar-refractivity contribution in [2.45, 2.75) is 6.92 Å². The summed E-state index contributed by atoms with van der Waals surface area (Å²) in [5.41, 5.74) is 7.86. The van der Waals surface area contributed by atoms with Crippen LogP contribution in [-0.4, -0.2) is 5.91 Å². The molecule has 1 amide bonds. The topological polar surface area (TPSA) is 90.9 Å². The van der Waals surface area contributed by atoms with Crippen LogP contribution in [0.15, 0.2) is 48.2 Å². The van der Waals surface area contributed by atoms with Gasteiger partial charge < -0.3 is 16.4 Å². The maximum absolute atomic E-state index is 12.2. The molecule has 0 unspecified atom stereocenters. The number of nitrogen functional groups attached to an aromatic ring is 1. The molecule has 122 valence electrons. The van der Waals surface area contributed by atoms with E-state index in [-0.39, 0.29) is 5.57 Å². The summed E-state index contributed by atoms with van der Waals surface area (Å²) in [5.74, 6) is -0.545. The Kier molecular flexibility index (Phi) is 5.69. The fourth-order valence-electron chi connectivity index (χ4n) is 1.85. The first-order valence-electron chi connectivity index (χ1n) is 6.90. The lowest BCUT2D eigenvalue weighted by molar-refractivity contribution is -0.112. The van der Waals surface area contributed by atoms with E-state index in [0.717, 1.165) is 5.56 Å². The van der Waals surface area contributed by atoms with Gasteiger partial charge >= 0.3 is 0 Å². The zero-order valence-corrected chi connectivity index (χ0v) is 14.2. The normalized spacial score (nSPS) is 10.8. The third-order valence-electron chi connectivity index (χ3n) is 3.26. The Balaban J connectivity index is 2.15. The van der Waals surface area contributed by atoms with Crippen LogP contribution in [0, 0.1) is 18.3 Å². The first-order chi connectivity index (χ1) is 11.4. The zero-order valence-electron chi connectivity index (χ0n) is 12.7. The molecule has 2 aromatic carbocycles. The Morgan fingerprint density at radius 2 is 2.00 bits per heavy atom. The lowest BCUT2D eigenvalue weighted by Crippen LogP contribution is -2.15. The van der Waals surface area contributed by atoms with Gasteiger partial charge in [-0.3, -0.25) is 4.79 Å². The minimum absolute atomic E-state index is 0.0951. The van der Waals surface area contributed by atoms with Gasteiger partial charge in [0, 0.05) is 22.6 Å². The van der Waals surface area contributed by atoms with Crippen molar-refractivity contribution < 1.29 is 4.79 Å². The average Bonchev–Trinajstić information content (AvgIpc) is 2.55. The van der Waals surface area contributed by atoms with E-state index in [9.17, 15) is 10.1 Å². The summed E-state index contributed by atoms with van der Waals surface area (Å²) in [6.07, 6.45) is 1.30. The van der Waals surface area contributed by atoms with Gasteiger partial charge in [0.05, 0.1) is 10.7 Å². The standard InChI is InChI=1S/C17H14Cl2N4O/c1-10-13(18)3-2-4-16(10)23-17(24)11(8-20)9-22-12-5-6-15(21)14(19)7-12/h2-7,9,22H,21H2,1H3,(H,23,24)/b11-9-. The number of halogens is 2. The van der Waals surface area contributed by atoms with E-state index in [2.05, 4.69) is 10.6 Å². The second kappa shape index (κ2) is 7.73. The quantitative estimate of drug-likeness (QED) is 0.429. The van der Waals surface area contributed by atoms with Crippen LogP contribution in [0.1, 0.15) is 5.56 Å². The van der Waals surface area contributed by atoms with Crippen LogP contribution < -0.4 is 16.4 Å². The Morgan fingerprint density at radius 1 is 1.25 bits per heavy atom. The van der Waals surface area contributed by atoms with Crippen LogP contribution in [0.5, 0.6) is 0 Å². The maximum atomic E-state index is 12.2. The van der Waals surface area contributed by atoms with Crippen molar-refractivity contribution in [3.05, 3.63) is 63.8 Å². The summed E-state index contributed by atoms with van der Waals surface area (Å²) >= 11 is 11.9. The van der Waals surface area contributed by atoms with E-state index in [1.807, 2.05) is 6.07 Å². The minimum Gasteiger partial charge on any atom is -0.398 e. The monoisotopic (exact) mass is 360 g/mol. The van der Waals surface area contributed by atoms with E-state index in [1.165, 1.54) is 6.20 Å². The number of nitrogens with one attached hydrogen (secondary N) is 2. The third kappa shape index (κ3) is 4.19. The molecule has 0 atom stereocenters. The van der Waals surface area contributed by atoms with Crippen molar-refractivity contribution in [2.75, 3.05) is 16.4 Å². The fourth-order valence-corrected chi connectivity index (χ4v) is 2.21. The molecule has 0 saturated carbocycles. The molecule has 0 bridgehead atoms. The average molecular weight is 361 g/mol. The number of hydrogen-bond donors (Lipinski definition) is 3. The van der Waals surface area contributed by atoms with Crippen LogP contribution in [0.2, 0.25) is 10.0 Å². The molecule has 0 saturated heterocycles. The van der Waals surface area contributed by atoms with Crippen LogP contribution in [0.3, 0.4) is 0 Å². The summed E-state index contributed by atoms with van der Waals surface area (Å²) in [6.45, 7) is 1.78. The van der Waals surface area contributed by atoms with Gasteiger partial charge in [0.1, 0.15) is 11.6 Å². The minimum atomic E-state index is -0.545. The van der Waals surface area contributed by atoms with Gasteiger partial charge in [0.15, 0.2) is 0 Å². The summed E-state index contributed by atoms with van der Waals surface area (Å²) in [6, 6.07) is 11.9. The van der Waals surface area contributed by atoms with E-state index in [0.29, 0.717) is 27.1 Å². The van der Waals surface area contributed by atoms with E-state index < -0.39 is 5.91 Å². The van der Waals surface area contributed by atoms with Gasteiger partial charge in [-0.25, -0.2) is 0 Å². The van der Waals surface area contributed by atoms with Gasteiger partial charge in [0.25, 0.3) is 5.91 Å². The molecule has 0 radical (unpaired) electrons. The molecule has 0 aliphatic carbocycles. The zero-order chi connectivity index (χ0) is 17.7. The van der Waals surface area contributed by atoms with Crippen LogP contribution in [0.25, 0.3) is 0 Å². The predicted octanol–water partition coefficient (Wildman–Crippen LogP) is 4.34. The Bertz CT molecular complexity index is 856. The molecular formula is C17H14Cl2N4O. The molecule has 2 rings (SSSR count). The van der Waals surface area contributed by atoms with Gasteiger partial charge in [-0.05, 0) is 42.8 Å². The van der Waals surface area contributed by atoms with Crippen LogP contribution in [-0.2, 0) is 4.79 Å². The SMILES string of the molecule is Cc1c(Cl)cccc1NC(=O)/C(C#N)=C\Nc1ccc(N)c(Cl)c1. The van der Waals surface area contributed by atoms with Crippen LogP contribution in [0.4, 0.5) is 17.1 Å². The number of rotatable bonds is 4. The second-order valence-corrected chi connectivity index (χ2v) is 5.73. The van der Waals surface area contributed by atoms with E-state index in [4.69, 9.17) is 28.9 Å². The molecule has 0 heterocycles. The van der Waals surface area contributed by atoms with Crippen molar-refractivity contribution in [3.63, 3.8) is 0 Å². The number of carbonyl (C=O) groups is 1. The van der Waals surface area contributed by atoms with Gasteiger partial charge in [-0.2, -0.15) is 5.26 Å². The molecule has 0 aliphatic heterocycles. The highest BCUT2D eigenvalue weighted by Gasteiger charge is 2.11. The molecular weight excluding hydrogens is 347 g/mol. The number of benzene rings is 2. The summed E-state index contributed by atoms with van der Waals surface area (Å²) in [4.78, 5) is 12.2. The first-order valence-corrected chi connectivity index (χ1v) is 7.66. The number of carbonyl (C=O) groups excluding carboxylic acids is 1. The molecule has 4 N–H and O–H groups in total. The van der Waals surface area contributed by atoms with Crippen molar-refractivity contribution >= 4 is 46.2 Å². The van der Waals surface area contributed by atoms with E-state index in [1.54, 1.807) is 43.3 Å². The summed E-state index contributed by atoms with van der Waals surface area (Å²) < 4.78 is 0. The number of amides is 1. The molecule has 24 heavy (non-hydrogen) atoms. The number of nitrogens with zero attached hydrogens (tertiary/aromatic N) is 1. The number of nitriles is 1. The number of hydrogen-bond acceptors (Lipinski definition) is 4. The molecule has 0 spiro atoms. The highest BCUT2D eigenvalue weighted by Crippen LogP contribution is 2.24. The molecule has 0 aromatic heterocycles. The van der Waals surface area contributed by atoms with Crippen molar-refractivity contribution in [1.82, 2.24) is 0 Å². The largest absolute Gasteiger partial charge is 0.398 e. The van der Waals surface area contributed by atoms with Gasteiger partial charge in [-0.1, -0.05) is 29.3 Å². The Hall–Kier alpha value is -2.68. The number of anilines is 3. The van der Waals surface area contributed by atoms with Crippen molar-refractivity contribution in [2.24, 2.45) is 0 Å². The molecule has 0 fully saturated rings. The smallest absolute Gasteiger partial charge is 0.267 e. The van der Waals surface area contributed by atoms with Crippen LogP contribution >= 0.6 is 23.2 Å². The fraction of sp³-hybridized carbons (Fsp3) is 0.0588. The first kappa shape index (κ1) is 17.7. The van der Waals surface area contributed by atoms with Gasteiger partial charge in [0.2, 0.25) is 0 Å². The lowest BCUT2D eigenvalue weighted by atomic mass is 10.2. The Morgan fingerprint density at radius 3 is 2.67 bits per heavy atom. The summed E-state index contributed by atoms with van der Waals surface area (Å²) in [5, 5.41) is 15.6. The third-order valence-corrected chi connectivity index (χ3v) is 4.00. The predicted molar refractivity (Wildman–Crippen MR) is 98.0 cm³/mol. The molecule has 2 aromatic rings. The second-order valence-electron chi connectivity index (χ2n) is 4.92. The van der Waals surface area contributed by atoms with Crippen molar-refractivity contribution in [1.29, 1.82) is 5.26 Å². The van der Waals surface area contributed by atoms with Crippen molar-refractivity contribution in [3.8, 4) is 6.07 Å². The highest BCUT2D eigenvalue weighted by molar-refractivity contribution is 6.33. The molecule has 7 heteroatoms. The molecule has 5 nitrogen and oxygen atoms in total. The highest BCUT2D eigenvalue weighted by atomic mass is 35.5. The maximum Gasteiger partial charge on any atom is 0.267 e. The van der Waals surface area contributed by atoms with E-state index >= 15 is 0 Å². The molecule has 0 aliphatic rings. The van der Waals surface area contributed by atoms with Gasteiger partial charge in [-0.15, -0.1) is 0 Å². The lowest BCUT2D eigenvalue weighted by Gasteiger charge is -2.09. The Labute approximate surface area is 149 Å². The number of nitrogens with two attached hydrogens (primary N) is 1.